The second-order valence-corrected chi connectivity index (χ2v) is 10.8. The number of hydrogen-bond donors (Lipinski definition) is 5. The van der Waals surface area contributed by atoms with Gasteiger partial charge in [-0.3, -0.25) is 19.8 Å². The van der Waals surface area contributed by atoms with E-state index in [0.29, 0.717) is 52.7 Å². The summed E-state index contributed by atoms with van der Waals surface area (Å²) in [5.41, 5.74) is 4.53. The Kier molecular flexibility index (Phi) is 10.3. The van der Waals surface area contributed by atoms with Crippen LogP contribution >= 0.6 is 0 Å². The quantitative estimate of drug-likeness (QED) is 0.0925. The van der Waals surface area contributed by atoms with Crippen LogP contribution in [-0.2, 0) is 14.1 Å². The molecular weight excluding hydrogens is 568 g/mol. The SMILES string of the molecule is CC(C)NC(=N)CCNC(=O)c1cc(NC(=O)c2cc(NC(=O)c3ccc(/C=C/c4ccc(C#N)cc4)cc3)cn2C)cn1C. The van der Waals surface area contributed by atoms with Gasteiger partial charge in [-0.15, -0.1) is 0 Å². The summed E-state index contributed by atoms with van der Waals surface area (Å²) in [6.07, 6.45) is 7.53. The van der Waals surface area contributed by atoms with Gasteiger partial charge in [-0.2, -0.15) is 5.26 Å². The van der Waals surface area contributed by atoms with Gasteiger partial charge in [0, 0.05) is 51.1 Å². The fourth-order valence-corrected chi connectivity index (χ4v) is 4.53. The molecule has 0 bridgehead atoms. The third-order valence-corrected chi connectivity index (χ3v) is 6.80. The van der Waals surface area contributed by atoms with Crippen molar-refractivity contribution in [3.05, 3.63) is 107 Å². The first-order valence-corrected chi connectivity index (χ1v) is 14.4. The minimum Gasteiger partial charge on any atom is -0.372 e. The molecule has 4 aromatic rings. The van der Waals surface area contributed by atoms with Crippen LogP contribution in [0.1, 0.15) is 68.3 Å². The zero-order chi connectivity index (χ0) is 32.5. The maximum Gasteiger partial charge on any atom is 0.272 e. The molecular formula is C34H36N8O3. The molecule has 2 aromatic heterocycles. The molecule has 0 fully saturated rings. The van der Waals surface area contributed by atoms with Crippen LogP contribution in [0.3, 0.4) is 0 Å². The lowest BCUT2D eigenvalue weighted by atomic mass is 10.1. The number of nitrogens with one attached hydrogen (secondary N) is 5. The molecule has 0 saturated carbocycles. The van der Waals surface area contributed by atoms with E-state index in [-0.39, 0.29) is 17.9 Å². The number of rotatable bonds is 11. The maximum absolute atomic E-state index is 13.1. The average molecular weight is 605 g/mol. The number of carbonyl (C=O) groups excluding carboxylic acids is 3. The monoisotopic (exact) mass is 604 g/mol. The van der Waals surface area contributed by atoms with Gasteiger partial charge in [0.15, 0.2) is 0 Å². The van der Waals surface area contributed by atoms with Gasteiger partial charge in [0.25, 0.3) is 17.7 Å². The van der Waals surface area contributed by atoms with Crippen LogP contribution in [0, 0.1) is 16.7 Å². The highest BCUT2D eigenvalue weighted by Crippen LogP contribution is 2.19. The third-order valence-electron chi connectivity index (χ3n) is 6.80. The molecule has 11 heteroatoms. The molecule has 0 aliphatic rings. The summed E-state index contributed by atoms with van der Waals surface area (Å²) in [7, 11) is 3.41. The van der Waals surface area contributed by atoms with Crippen LogP contribution in [0.5, 0.6) is 0 Å². The highest BCUT2D eigenvalue weighted by molar-refractivity contribution is 6.07. The summed E-state index contributed by atoms with van der Waals surface area (Å²) in [4.78, 5) is 38.6. The number of carbonyl (C=O) groups is 3. The van der Waals surface area contributed by atoms with E-state index in [4.69, 9.17) is 10.7 Å². The Morgan fingerprint density at radius 1 is 0.822 bits per heavy atom. The van der Waals surface area contributed by atoms with E-state index in [1.165, 1.54) is 0 Å². The van der Waals surface area contributed by atoms with Crippen LogP contribution in [0.4, 0.5) is 11.4 Å². The summed E-state index contributed by atoms with van der Waals surface area (Å²) >= 11 is 0. The van der Waals surface area contributed by atoms with Crippen molar-refractivity contribution in [1.29, 1.82) is 10.7 Å². The number of nitriles is 1. The molecule has 230 valence electrons. The molecule has 2 aromatic carbocycles. The fourth-order valence-electron chi connectivity index (χ4n) is 4.53. The van der Waals surface area contributed by atoms with Gasteiger partial charge in [0.2, 0.25) is 0 Å². The second-order valence-electron chi connectivity index (χ2n) is 10.8. The van der Waals surface area contributed by atoms with Gasteiger partial charge in [-0.1, -0.05) is 36.4 Å². The largest absolute Gasteiger partial charge is 0.372 e. The lowest BCUT2D eigenvalue weighted by molar-refractivity contribution is 0.0945. The fraction of sp³-hybridized carbons (Fsp3) is 0.206. The van der Waals surface area contributed by atoms with Crippen molar-refractivity contribution in [1.82, 2.24) is 19.8 Å². The number of nitrogens with zero attached hydrogens (tertiary/aromatic N) is 3. The summed E-state index contributed by atoms with van der Waals surface area (Å²) in [6.45, 7) is 4.20. The van der Waals surface area contributed by atoms with Crippen molar-refractivity contribution in [2.45, 2.75) is 26.3 Å². The van der Waals surface area contributed by atoms with E-state index < -0.39 is 5.91 Å². The van der Waals surface area contributed by atoms with E-state index in [1.807, 2.05) is 50.3 Å². The Bertz CT molecular complexity index is 1770. The molecule has 0 spiro atoms. The number of amides is 3. The number of aryl methyl sites for hydroxylation is 2. The molecule has 11 nitrogen and oxygen atoms in total. The van der Waals surface area contributed by atoms with E-state index >= 15 is 0 Å². The lowest BCUT2D eigenvalue weighted by Gasteiger charge is -2.11. The van der Waals surface area contributed by atoms with Gasteiger partial charge < -0.3 is 30.4 Å². The normalized spacial score (nSPS) is 10.8. The first-order chi connectivity index (χ1) is 21.5. The average Bonchev–Trinajstić information content (AvgIpc) is 3.56. The zero-order valence-corrected chi connectivity index (χ0v) is 25.6. The molecule has 45 heavy (non-hydrogen) atoms. The highest BCUT2D eigenvalue weighted by Gasteiger charge is 2.17. The molecule has 3 amide bonds. The van der Waals surface area contributed by atoms with Gasteiger partial charge >= 0.3 is 0 Å². The molecule has 0 atom stereocenters. The predicted octanol–water partition coefficient (Wildman–Crippen LogP) is 5.01. The first kappa shape index (κ1) is 32.0. The van der Waals surface area contributed by atoms with E-state index in [9.17, 15) is 14.4 Å². The van der Waals surface area contributed by atoms with Crippen LogP contribution in [0.2, 0.25) is 0 Å². The highest BCUT2D eigenvalue weighted by atomic mass is 16.2. The summed E-state index contributed by atoms with van der Waals surface area (Å²) in [5.74, 6) is -0.674. The van der Waals surface area contributed by atoms with Crippen molar-refractivity contribution in [2.75, 3.05) is 17.2 Å². The summed E-state index contributed by atoms with van der Waals surface area (Å²) < 4.78 is 3.23. The van der Waals surface area contributed by atoms with Crippen molar-refractivity contribution in [3.8, 4) is 6.07 Å². The molecule has 5 N–H and O–H groups in total. The van der Waals surface area contributed by atoms with Crippen LogP contribution in [0.25, 0.3) is 12.2 Å². The Morgan fingerprint density at radius 3 is 1.87 bits per heavy atom. The van der Waals surface area contributed by atoms with E-state index in [2.05, 4.69) is 27.3 Å². The van der Waals surface area contributed by atoms with Crippen molar-refractivity contribution in [3.63, 3.8) is 0 Å². The molecule has 0 saturated heterocycles. The van der Waals surface area contributed by atoms with Crippen molar-refractivity contribution < 1.29 is 14.4 Å². The van der Waals surface area contributed by atoms with Crippen molar-refractivity contribution >= 4 is 47.1 Å². The van der Waals surface area contributed by atoms with E-state index in [0.717, 1.165) is 11.1 Å². The van der Waals surface area contributed by atoms with Gasteiger partial charge in [0.1, 0.15) is 11.4 Å². The summed E-state index contributed by atoms with van der Waals surface area (Å²) in [6, 6.07) is 19.8. The topological polar surface area (TPSA) is 157 Å². The number of anilines is 2. The van der Waals surface area contributed by atoms with Crippen LogP contribution in [0.15, 0.2) is 73.1 Å². The van der Waals surface area contributed by atoms with E-state index in [1.54, 1.807) is 72.0 Å². The number of aromatic nitrogens is 2. The third kappa shape index (κ3) is 8.81. The second kappa shape index (κ2) is 14.5. The minimum atomic E-state index is -0.401. The zero-order valence-electron chi connectivity index (χ0n) is 25.6. The number of amidine groups is 1. The van der Waals surface area contributed by atoms with Gasteiger partial charge in [-0.25, -0.2) is 0 Å². The van der Waals surface area contributed by atoms with Crippen LogP contribution in [-0.4, -0.2) is 45.3 Å². The minimum absolute atomic E-state index is 0.150. The van der Waals surface area contributed by atoms with Gasteiger partial charge in [0.05, 0.1) is 28.8 Å². The maximum atomic E-state index is 13.1. The van der Waals surface area contributed by atoms with Crippen molar-refractivity contribution in [2.24, 2.45) is 14.1 Å². The Morgan fingerprint density at radius 2 is 1.33 bits per heavy atom. The molecule has 0 aliphatic carbocycles. The lowest BCUT2D eigenvalue weighted by Crippen LogP contribution is -2.34. The first-order valence-electron chi connectivity index (χ1n) is 14.4. The Balaban J connectivity index is 1.32. The summed E-state index contributed by atoms with van der Waals surface area (Å²) in [5, 5.41) is 28.2. The molecule has 2 heterocycles. The Hall–Kier alpha value is -5.89. The smallest absolute Gasteiger partial charge is 0.272 e. The standard InChI is InChI=1S/C34H36N8O3/c1-22(2)38-31(36)15-16-37-33(44)29-17-28(21-41(29)3)40-34(45)30-18-27(20-42(30)4)39-32(43)26-13-11-24(12-14-26)6-5-23-7-9-25(19-35)10-8-23/h5-14,17-18,20-22H,15-16H2,1-4H3,(H2,36,38)(H,37,44)(H,39,43)(H,40,45)/b6-5+. The Labute approximate surface area is 262 Å². The molecule has 0 aliphatic heterocycles. The van der Waals surface area contributed by atoms with Crippen LogP contribution < -0.4 is 21.3 Å². The molecule has 0 unspecified atom stereocenters. The molecule has 0 radical (unpaired) electrons. The molecule has 4 rings (SSSR count). The predicted molar refractivity (Wildman–Crippen MR) is 176 cm³/mol. The van der Waals surface area contributed by atoms with Gasteiger partial charge in [-0.05, 0) is 61.4 Å². The number of hydrogen-bond acceptors (Lipinski definition) is 5. The number of benzene rings is 2.